The summed E-state index contributed by atoms with van der Waals surface area (Å²) in [6, 6.07) is 17.1. The third kappa shape index (κ3) is 3.33. The van der Waals surface area contributed by atoms with E-state index in [-0.39, 0.29) is 6.10 Å². The lowest BCUT2D eigenvalue weighted by molar-refractivity contribution is 0.00272. The molecule has 4 nitrogen and oxygen atoms in total. The van der Waals surface area contributed by atoms with Gasteiger partial charge in [-0.1, -0.05) is 24.3 Å². The lowest BCUT2D eigenvalue weighted by Gasteiger charge is -2.26. The van der Waals surface area contributed by atoms with Crippen LogP contribution >= 0.6 is 0 Å². The summed E-state index contributed by atoms with van der Waals surface area (Å²) in [7, 11) is 0. The summed E-state index contributed by atoms with van der Waals surface area (Å²) >= 11 is 0. The van der Waals surface area contributed by atoms with E-state index < -0.39 is 0 Å². The molecule has 0 spiro atoms. The van der Waals surface area contributed by atoms with E-state index in [0.29, 0.717) is 25.4 Å². The quantitative estimate of drug-likeness (QED) is 0.864. The molecule has 0 aliphatic carbocycles. The minimum Gasteiger partial charge on any atom is -0.486 e. The van der Waals surface area contributed by atoms with Gasteiger partial charge in [0, 0.05) is 0 Å². The highest BCUT2D eigenvalue weighted by atomic mass is 16.6. The van der Waals surface area contributed by atoms with Crippen molar-refractivity contribution in [2.75, 3.05) is 13.2 Å². The summed E-state index contributed by atoms with van der Waals surface area (Å²) in [4.78, 5) is 0. The van der Waals surface area contributed by atoms with Gasteiger partial charge in [0.05, 0.1) is 24.8 Å². The molecule has 3 rings (SSSR count). The topological polar surface area (TPSA) is 51.5 Å². The van der Waals surface area contributed by atoms with Crippen molar-refractivity contribution in [2.45, 2.75) is 12.7 Å². The maximum atomic E-state index is 8.86. The van der Waals surface area contributed by atoms with Crippen LogP contribution in [0.1, 0.15) is 11.1 Å². The molecule has 106 valence electrons. The van der Waals surface area contributed by atoms with Gasteiger partial charge < -0.3 is 14.2 Å². The number of para-hydroxylation sites is 2. The second kappa shape index (κ2) is 6.29. The predicted molar refractivity (Wildman–Crippen MR) is 77.2 cm³/mol. The van der Waals surface area contributed by atoms with E-state index in [1.807, 2.05) is 42.5 Å². The number of benzene rings is 2. The first-order chi connectivity index (χ1) is 10.3. The monoisotopic (exact) mass is 281 g/mol. The number of fused-ring (bicyclic) bond motifs is 1. The van der Waals surface area contributed by atoms with Crippen LogP contribution in [0.4, 0.5) is 0 Å². The standard InChI is InChI=1S/C17H15NO3/c18-9-13-4-3-5-14(8-13)10-19-11-15-12-20-16-6-1-2-7-17(16)21-15/h1-8,15H,10-12H2. The maximum absolute atomic E-state index is 8.86. The molecule has 21 heavy (non-hydrogen) atoms. The highest BCUT2D eigenvalue weighted by Crippen LogP contribution is 2.30. The van der Waals surface area contributed by atoms with Gasteiger partial charge in [0.25, 0.3) is 0 Å². The van der Waals surface area contributed by atoms with Crippen LogP contribution in [0.2, 0.25) is 0 Å². The Morgan fingerprint density at radius 3 is 2.86 bits per heavy atom. The molecule has 0 N–H and O–H groups in total. The van der Waals surface area contributed by atoms with E-state index in [2.05, 4.69) is 6.07 Å². The summed E-state index contributed by atoms with van der Waals surface area (Å²) in [5.41, 5.74) is 1.62. The Hall–Kier alpha value is -2.51. The zero-order valence-electron chi connectivity index (χ0n) is 11.5. The molecule has 4 heteroatoms. The van der Waals surface area contributed by atoms with E-state index in [4.69, 9.17) is 19.5 Å². The molecule has 1 aliphatic rings. The minimum atomic E-state index is -0.112. The van der Waals surface area contributed by atoms with E-state index in [9.17, 15) is 0 Å². The Balaban J connectivity index is 1.51. The number of nitriles is 1. The zero-order chi connectivity index (χ0) is 14.5. The Bertz CT molecular complexity index is 663. The summed E-state index contributed by atoms with van der Waals surface area (Å²) in [6.45, 7) is 1.39. The van der Waals surface area contributed by atoms with Crippen molar-refractivity contribution < 1.29 is 14.2 Å². The van der Waals surface area contributed by atoms with E-state index >= 15 is 0 Å². The van der Waals surface area contributed by atoms with Crippen LogP contribution in [0.3, 0.4) is 0 Å². The largest absolute Gasteiger partial charge is 0.486 e. The van der Waals surface area contributed by atoms with Gasteiger partial charge in [-0.05, 0) is 29.8 Å². The average molecular weight is 281 g/mol. The molecule has 0 amide bonds. The number of ether oxygens (including phenoxy) is 3. The number of rotatable bonds is 4. The van der Waals surface area contributed by atoms with Crippen molar-refractivity contribution in [1.29, 1.82) is 5.26 Å². The van der Waals surface area contributed by atoms with E-state index in [1.165, 1.54) is 0 Å². The van der Waals surface area contributed by atoms with Crippen molar-refractivity contribution >= 4 is 0 Å². The molecular formula is C17H15NO3. The first-order valence-corrected chi connectivity index (χ1v) is 6.80. The second-order valence-corrected chi connectivity index (χ2v) is 4.82. The van der Waals surface area contributed by atoms with Crippen LogP contribution in [0.15, 0.2) is 48.5 Å². The molecule has 0 saturated heterocycles. The fourth-order valence-corrected chi connectivity index (χ4v) is 2.18. The molecule has 1 aliphatic heterocycles. The number of hydrogen-bond acceptors (Lipinski definition) is 4. The first kappa shape index (κ1) is 13.5. The van der Waals surface area contributed by atoms with Crippen LogP contribution in [0, 0.1) is 11.3 Å². The van der Waals surface area contributed by atoms with Gasteiger partial charge in [-0.3, -0.25) is 0 Å². The highest BCUT2D eigenvalue weighted by Gasteiger charge is 2.20. The van der Waals surface area contributed by atoms with Crippen LogP contribution < -0.4 is 9.47 Å². The molecule has 2 aromatic carbocycles. The molecule has 2 aromatic rings. The van der Waals surface area contributed by atoms with E-state index in [0.717, 1.165) is 17.1 Å². The lowest BCUT2D eigenvalue weighted by atomic mass is 10.1. The van der Waals surface area contributed by atoms with Crippen LogP contribution in [0.5, 0.6) is 11.5 Å². The zero-order valence-corrected chi connectivity index (χ0v) is 11.5. The fourth-order valence-electron chi connectivity index (χ4n) is 2.18. The predicted octanol–water partition coefficient (Wildman–Crippen LogP) is 2.91. The smallest absolute Gasteiger partial charge is 0.161 e. The Kier molecular flexibility index (Phi) is 4.04. The van der Waals surface area contributed by atoms with Crippen LogP contribution in [0.25, 0.3) is 0 Å². The Morgan fingerprint density at radius 2 is 2.00 bits per heavy atom. The van der Waals surface area contributed by atoms with Crippen molar-refractivity contribution in [1.82, 2.24) is 0 Å². The summed E-state index contributed by atoms with van der Waals surface area (Å²) in [5.74, 6) is 1.53. The van der Waals surface area contributed by atoms with Crippen molar-refractivity contribution in [3.8, 4) is 17.6 Å². The lowest BCUT2D eigenvalue weighted by Crippen LogP contribution is -2.33. The second-order valence-electron chi connectivity index (χ2n) is 4.82. The number of nitrogens with zero attached hydrogens (tertiary/aromatic N) is 1. The van der Waals surface area contributed by atoms with Crippen LogP contribution in [-0.2, 0) is 11.3 Å². The van der Waals surface area contributed by atoms with Gasteiger partial charge in [0.1, 0.15) is 6.61 Å². The summed E-state index contributed by atoms with van der Waals surface area (Å²) in [6.07, 6.45) is -0.112. The molecule has 0 bridgehead atoms. The SMILES string of the molecule is N#Cc1cccc(COCC2COc3ccccc3O2)c1. The first-order valence-electron chi connectivity index (χ1n) is 6.80. The van der Waals surface area contributed by atoms with Gasteiger partial charge in [0.2, 0.25) is 0 Å². The molecule has 1 heterocycles. The normalized spacial score (nSPS) is 16.2. The van der Waals surface area contributed by atoms with Gasteiger partial charge in [0.15, 0.2) is 17.6 Å². The number of hydrogen-bond donors (Lipinski definition) is 0. The molecule has 0 saturated carbocycles. The van der Waals surface area contributed by atoms with Crippen molar-refractivity contribution in [2.24, 2.45) is 0 Å². The Labute approximate surface area is 123 Å². The molecule has 0 radical (unpaired) electrons. The van der Waals surface area contributed by atoms with Gasteiger partial charge in [-0.15, -0.1) is 0 Å². The summed E-state index contributed by atoms with van der Waals surface area (Å²) in [5, 5.41) is 8.86. The Morgan fingerprint density at radius 1 is 1.14 bits per heavy atom. The van der Waals surface area contributed by atoms with Crippen molar-refractivity contribution in [3.63, 3.8) is 0 Å². The van der Waals surface area contributed by atoms with Crippen LogP contribution in [-0.4, -0.2) is 19.3 Å². The average Bonchev–Trinajstić information content (AvgIpc) is 2.55. The third-order valence-corrected chi connectivity index (χ3v) is 3.20. The molecule has 0 fully saturated rings. The third-order valence-electron chi connectivity index (χ3n) is 3.20. The fraction of sp³-hybridized carbons (Fsp3) is 0.235. The van der Waals surface area contributed by atoms with Gasteiger partial charge in [-0.25, -0.2) is 0 Å². The van der Waals surface area contributed by atoms with Gasteiger partial charge in [-0.2, -0.15) is 5.26 Å². The summed E-state index contributed by atoms with van der Waals surface area (Å²) < 4.78 is 17.1. The minimum absolute atomic E-state index is 0.112. The highest BCUT2D eigenvalue weighted by molar-refractivity contribution is 5.40. The maximum Gasteiger partial charge on any atom is 0.161 e. The molecule has 0 aromatic heterocycles. The van der Waals surface area contributed by atoms with E-state index in [1.54, 1.807) is 6.07 Å². The molecular weight excluding hydrogens is 266 g/mol. The molecule has 1 unspecified atom stereocenters. The molecule has 1 atom stereocenters. The van der Waals surface area contributed by atoms with Gasteiger partial charge >= 0.3 is 0 Å². The van der Waals surface area contributed by atoms with Crippen molar-refractivity contribution in [3.05, 3.63) is 59.7 Å².